The van der Waals surface area contributed by atoms with Crippen molar-refractivity contribution < 1.29 is 27.5 Å². The Bertz CT molecular complexity index is 1590. The lowest BCUT2D eigenvalue weighted by Crippen LogP contribution is -2.53. The molecule has 0 aromatic heterocycles. The molecule has 1 aliphatic carbocycles. The number of rotatable bonds is 12. The van der Waals surface area contributed by atoms with E-state index >= 15 is 0 Å². The Balaban J connectivity index is 1.78. The summed E-state index contributed by atoms with van der Waals surface area (Å²) in [6.07, 6.45) is 4.88. The summed E-state index contributed by atoms with van der Waals surface area (Å²) >= 11 is 13.0. The minimum Gasteiger partial charge on any atom is -0.497 e. The molecule has 45 heavy (non-hydrogen) atoms. The number of hydrogen-bond donors (Lipinski definition) is 1. The van der Waals surface area contributed by atoms with Crippen molar-refractivity contribution in [3.05, 3.63) is 81.8 Å². The van der Waals surface area contributed by atoms with Gasteiger partial charge in [-0.25, -0.2) is 8.42 Å². The second-order valence-corrected chi connectivity index (χ2v) is 13.8. The number of halogens is 2. The quantitative estimate of drug-likeness (QED) is 0.239. The Kier molecular flexibility index (Phi) is 11.6. The van der Waals surface area contributed by atoms with E-state index in [2.05, 4.69) is 5.32 Å². The molecule has 1 saturated carbocycles. The zero-order chi connectivity index (χ0) is 32.7. The van der Waals surface area contributed by atoms with Crippen LogP contribution in [0.2, 0.25) is 10.0 Å². The molecular formula is C33H39Cl2N3O6S. The lowest BCUT2D eigenvalue weighted by molar-refractivity contribution is -0.139. The Morgan fingerprint density at radius 3 is 2.20 bits per heavy atom. The first-order chi connectivity index (χ1) is 21.5. The normalized spacial score (nSPS) is 14.4. The standard InChI is InChI=1S/C33H39Cl2N3O6S/c1-22-13-16-26(17-14-22)45(41,42)38(30-19-25(43-3)15-18-31(30)44-4)21-32(39)37(20-27-28(34)11-8-12-29(27)35)23(2)33(40)36-24-9-6-5-7-10-24/h8,11-19,23-24H,5-7,9-10,20-21H2,1-4H3,(H,36,40). The van der Waals surface area contributed by atoms with Crippen LogP contribution in [0.1, 0.15) is 50.2 Å². The van der Waals surface area contributed by atoms with Crippen LogP contribution in [0.5, 0.6) is 11.5 Å². The highest BCUT2D eigenvalue weighted by molar-refractivity contribution is 7.92. The highest BCUT2D eigenvalue weighted by Crippen LogP contribution is 2.36. The van der Waals surface area contributed by atoms with Crippen LogP contribution >= 0.6 is 23.2 Å². The number of aryl methyl sites for hydroxylation is 1. The van der Waals surface area contributed by atoms with Gasteiger partial charge in [0, 0.05) is 34.3 Å². The predicted molar refractivity (Wildman–Crippen MR) is 177 cm³/mol. The molecule has 242 valence electrons. The fourth-order valence-electron chi connectivity index (χ4n) is 5.35. The Morgan fingerprint density at radius 1 is 0.956 bits per heavy atom. The van der Waals surface area contributed by atoms with E-state index in [1.807, 2.05) is 6.92 Å². The van der Waals surface area contributed by atoms with Crippen molar-refractivity contribution in [1.29, 1.82) is 0 Å². The molecule has 3 aromatic rings. The zero-order valence-corrected chi connectivity index (χ0v) is 28.2. The maximum Gasteiger partial charge on any atom is 0.264 e. The third kappa shape index (κ3) is 8.23. The van der Waals surface area contributed by atoms with Crippen LogP contribution in [0.25, 0.3) is 0 Å². The summed E-state index contributed by atoms with van der Waals surface area (Å²) in [4.78, 5) is 29.2. The summed E-state index contributed by atoms with van der Waals surface area (Å²) in [7, 11) is -1.45. The first-order valence-corrected chi connectivity index (χ1v) is 17.0. The van der Waals surface area contributed by atoms with E-state index in [4.69, 9.17) is 32.7 Å². The molecule has 9 nitrogen and oxygen atoms in total. The molecule has 0 aliphatic heterocycles. The molecule has 1 aliphatic rings. The summed E-state index contributed by atoms with van der Waals surface area (Å²) in [5.74, 6) is -0.409. The first kappa shape index (κ1) is 34.4. The molecule has 3 aromatic carbocycles. The molecule has 12 heteroatoms. The van der Waals surface area contributed by atoms with Crippen LogP contribution in [0.4, 0.5) is 5.69 Å². The van der Waals surface area contributed by atoms with Crippen molar-refractivity contribution in [3.63, 3.8) is 0 Å². The van der Waals surface area contributed by atoms with Gasteiger partial charge in [-0.05, 0) is 63.1 Å². The molecule has 1 N–H and O–H groups in total. The molecule has 0 heterocycles. The van der Waals surface area contributed by atoms with Gasteiger partial charge in [0.05, 0.1) is 24.8 Å². The van der Waals surface area contributed by atoms with E-state index in [0.29, 0.717) is 21.4 Å². The second-order valence-electron chi connectivity index (χ2n) is 11.1. The highest BCUT2D eigenvalue weighted by Gasteiger charge is 2.35. The van der Waals surface area contributed by atoms with Gasteiger partial charge in [-0.1, -0.05) is 66.2 Å². The number of anilines is 1. The molecule has 0 bridgehead atoms. The molecule has 4 rings (SSSR count). The Hall–Kier alpha value is -3.47. The van der Waals surface area contributed by atoms with E-state index in [-0.39, 0.29) is 34.8 Å². The molecule has 0 saturated heterocycles. The largest absolute Gasteiger partial charge is 0.497 e. The van der Waals surface area contributed by atoms with Crippen molar-refractivity contribution in [2.24, 2.45) is 0 Å². The summed E-state index contributed by atoms with van der Waals surface area (Å²) in [5, 5.41) is 3.72. The van der Waals surface area contributed by atoms with Gasteiger partial charge in [-0.15, -0.1) is 0 Å². The maximum absolute atomic E-state index is 14.4. The summed E-state index contributed by atoms with van der Waals surface area (Å²) < 4.78 is 40.4. The van der Waals surface area contributed by atoms with Gasteiger partial charge in [0.2, 0.25) is 11.8 Å². The van der Waals surface area contributed by atoms with Crippen LogP contribution in [0, 0.1) is 6.92 Å². The van der Waals surface area contributed by atoms with E-state index in [1.165, 1.54) is 37.3 Å². The molecule has 1 atom stereocenters. The van der Waals surface area contributed by atoms with Gasteiger partial charge in [0.15, 0.2) is 0 Å². The molecule has 0 radical (unpaired) electrons. The lowest BCUT2D eigenvalue weighted by atomic mass is 9.95. The summed E-state index contributed by atoms with van der Waals surface area (Å²) in [5.41, 5.74) is 1.41. The van der Waals surface area contributed by atoms with Gasteiger partial charge in [0.25, 0.3) is 10.0 Å². The number of sulfonamides is 1. The van der Waals surface area contributed by atoms with Gasteiger partial charge in [-0.2, -0.15) is 0 Å². The number of carbonyl (C=O) groups excluding carboxylic acids is 2. The number of carbonyl (C=O) groups is 2. The number of ether oxygens (including phenoxy) is 2. The zero-order valence-electron chi connectivity index (χ0n) is 25.9. The summed E-state index contributed by atoms with van der Waals surface area (Å²) in [6, 6.07) is 15.0. The number of hydrogen-bond acceptors (Lipinski definition) is 6. The Morgan fingerprint density at radius 2 is 1.60 bits per heavy atom. The summed E-state index contributed by atoms with van der Waals surface area (Å²) in [6.45, 7) is 2.69. The van der Waals surface area contributed by atoms with Gasteiger partial charge >= 0.3 is 0 Å². The molecule has 1 unspecified atom stereocenters. The maximum atomic E-state index is 14.4. The monoisotopic (exact) mass is 675 g/mol. The third-order valence-electron chi connectivity index (χ3n) is 8.05. The lowest BCUT2D eigenvalue weighted by Gasteiger charge is -2.34. The fraction of sp³-hybridized carbons (Fsp3) is 0.394. The second kappa shape index (κ2) is 15.2. The molecular weight excluding hydrogens is 637 g/mol. The van der Waals surface area contributed by atoms with Gasteiger partial charge in [0.1, 0.15) is 24.1 Å². The van der Waals surface area contributed by atoms with Crippen LogP contribution in [0.15, 0.2) is 65.6 Å². The van der Waals surface area contributed by atoms with E-state index in [1.54, 1.807) is 49.4 Å². The van der Waals surface area contributed by atoms with Crippen molar-refractivity contribution in [1.82, 2.24) is 10.2 Å². The van der Waals surface area contributed by atoms with Crippen molar-refractivity contribution in [2.75, 3.05) is 25.1 Å². The smallest absolute Gasteiger partial charge is 0.264 e. The van der Waals surface area contributed by atoms with Crippen LogP contribution < -0.4 is 19.1 Å². The van der Waals surface area contributed by atoms with Crippen molar-refractivity contribution >= 4 is 50.7 Å². The van der Waals surface area contributed by atoms with Crippen molar-refractivity contribution in [2.45, 2.75) is 69.5 Å². The SMILES string of the molecule is COc1ccc(OC)c(N(CC(=O)N(Cc2c(Cl)cccc2Cl)C(C)C(=O)NC2CCCCC2)S(=O)(=O)c2ccc(C)cc2)c1. The number of nitrogens with one attached hydrogen (secondary N) is 1. The minimum atomic E-state index is -4.32. The number of benzene rings is 3. The minimum absolute atomic E-state index is 0.00834. The molecule has 0 spiro atoms. The first-order valence-electron chi connectivity index (χ1n) is 14.8. The van der Waals surface area contributed by atoms with E-state index in [9.17, 15) is 18.0 Å². The third-order valence-corrected chi connectivity index (χ3v) is 10.5. The Labute approximate surface area is 275 Å². The number of amides is 2. The topological polar surface area (TPSA) is 105 Å². The number of nitrogens with zero attached hydrogens (tertiary/aromatic N) is 2. The van der Waals surface area contributed by atoms with Gasteiger partial charge < -0.3 is 19.7 Å². The van der Waals surface area contributed by atoms with Crippen molar-refractivity contribution in [3.8, 4) is 11.5 Å². The average molecular weight is 677 g/mol. The van der Waals surface area contributed by atoms with Gasteiger partial charge in [-0.3, -0.25) is 13.9 Å². The number of methoxy groups -OCH3 is 2. The molecule has 1 fully saturated rings. The molecule has 2 amide bonds. The van der Waals surface area contributed by atoms with E-state index in [0.717, 1.165) is 42.0 Å². The average Bonchev–Trinajstić information content (AvgIpc) is 3.03. The predicted octanol–water partition coefficient (Wildman–Crippen LogP) is 6.38. The highest BCUT2D eigenvalue weighted by atomic mass is 35.5. The van der Waals surface area contributed by atoms with Crippen LogP contribution in [-0.2, 0) is 26.2 Å². The fourth-order valence-corrected chi connectivity index (χ4v) is 7.28. The van der Waals surface area contributed by atoms with E-state index < -0.39 is 28.5 Å². The van der Waals surface area contributed by atoms with Crippen LogP contribution in [-0.4, -0.2) is 58.0 Å². The van der Waals surface area contributed by atoms with Crippen LogP contribution in [0.3, 0.4) is 0 Å².